The van der Waals surface area contributed by atoms with E-state index in [4.69, 9.17) is 18.0 Å². The molecule has 0 spiro atoms. The van der Waals surface area contributed by atoms with Crippen LogP contribution in [0.5, 0.6) is 0 Å². The lowest BCUT2D eigenvalue weighted by atomic mass is 10.1. The maximum Gasteiger partial charge on any atom is 0.225 e. The number of amides is 1. The molecule has 1 amide bonds. The zero-order valence-electron chi connectivity index (χ0n) is 9.25. The minimum absolute atomic E-state index is 0.0656. The maximum atomic E-state index is 11.8. The summed E-state index contributed by atoms with van der Waals surface area (Å²) in [4.78, 5) is 13.9. The van der Waals surface area contributed by atoms with Crippen LogP contribution in [0.4, 0.5) is 0 Å². The van der Waals surface area contributed by atoms with Gasteiger partial charge in [0.05, 0.1) is 11.5 Å². The molecular weight excluding hydrogens is 196 g/mol. The smallest absolute Gasteiger partial charge is 0.225 e. The summed E-state index contributed by atoms with van der Waals surface area (Å²) >= 11 is 4.81. The van der Waals surface area contributed by atoms with Crippen LogP contribution in [-0.2, 0) is 4.79 Å². The lowest BCUT2D eigenvalue weighted by Crippen LogP contribution is -2.40. The molecule has 0 saturated heterocycles. The Bertz CT molecular complexity index is 206. The Morgan fingerprint density at radius 3 is 2.43 bits per heavy atom. The highest BCUT2D eigenvalue weighted by molar-refractivity contribution is 7.80. The number of nitrogens with two attached hydrogens (primary N) is 1. The Hall–Kier alpha value is -0.640. The van der Waals surface area contributed by atoms with Gasteiger partial charge in [-0.3, -0.25) is 4.79 Å². The van der Waals surface area contributed by atoms with Crippen LogP contribution in [0.3, 0.4) is 0 Å². The monoisotopic (exact) mass is 216 g/mol. The molecular formula is C10H20N2OS. The largest absolute Gasteiger partial charge is 0.392 e. The Morgan fingerprint density at radius 1 is 1.50 bits per heavy atom. The van der Waals surface area contributed by atoms with Crippen LogP contribution in [0.15, 0.2) is 0 Å². The Morgan fingerprint density at radius 2 is 2.07 bits per heavy atom. The summed E-state index contributed by atoms with van der Waals surface area (Å²) in [5, 5.41) is 0. The second-order valence-electron chi connectivity index (χ2n) is 3.54. The minimum Gasteiger partial charge on any atom is -0.392 e. The average Bonchev–Trinajstić information content (AvgIpc) is 2.14. The molecule has 0 aromatic heterocycles. The van der Waals surface area contributed by atoms with E-state index in [9.17, 15) is 4.79 Å². The molecule has 0 saturated carbocycles. The Balaban J connectivity index is 4.31. The second-order valence-corrected chi connectivity index (χ2v) is 4.06. The zero-order valence-corrected chi connectivity index (χ0v) is 10.1. The van der Waals surface area contributed by atoms with Gasteiger partial charge in [0, 0.05) is 12.5 Å². The van der Waals surface area contributed by atoms with Crippen molar-refractivity contribution in [1.82, 2.24) is 4.90 Å². The van der Waals surface area contributed by atoms with E-state index in [2.05, 4.69) is 0 Å². The first-order valence-electron chi connectivity index (χ1n) is 5.10. The zero-order chi connectivity index (χ0) is 11.1. The van der Waals surface area contributed by atoms with Gasteiger partial charge in [0.1, 0.15) is 0 Å². The van der Waals surface area contributed by atoms with Crippen LogP contribution in [-0.4, -0.2) is 28.9 Å². The first-order chi connectivity index (χ1) is 6.52. The highest BCUT2D eigenvalue weighted by atomic mass is 32.1. The summed E-state index contributed by atoms with van der Waals surface area (Å²) in [5.41, 5.74) is 5.44. The lowest BCUT2D eigenvalue weighted by Gasteiger charge is -2.24. The number of rotatable bonds is 6. The molecule has 0 rings (SSSR count). The fourth-order valence-corrected chi connectivity index (χ4v) is 1.37. The van der Waals surface area contributed by atoms with E-state index in [1.54, 1.807) is 4.90 Å². The maximum absolute atomic E-state index is 11.8. The highest BCUT2D eigenvalue weighted by Crippen LogP contribution is 2.07. The molecule has 0 aliphatic rings. The molecule has 2 N–H and O–H groups in total. The third-order valence-corrected chi connectivity index (χ3v) is 2.31. The number of thiocarbonyl (C=S) groups is 1. The lowest BCUT2D eigenvalue weighted by molar-refractivity contribution is -0.134. The quantitative estimate of drug-likeness (QED) is 0.685. The van der Waals surface area contributed by atoms with E-state index in [0.717, 1.165) is 19.4 Å². The van der Waals surface area contributed by atoms with Crippen molar-refractivity contribution in [2.45, 2.75) is 33.6 Å². The molecule has 3 nitrogen and oxygen atoms in total. The normalized spacial score (nSPS) is 12.2. The minimum atomic E-state index is 0.0656. The molecule has 1 unspecified atom stereocenters. The summed E-state index contributed by atoms with van der Waals surface area (Å²) in [5.74, 6) is 0.220. The van der Waals surface area contributed by atoms with Crippen LogP contribution in [0.2, 0.25) is 0 Å². The van der Waals surface area contributed by atoms with Crippen LogP contribution in [0, 0.1) is 5.92 Å². The third kappa shape index (κ3) is 4.56. The molecule has 0 aromatic rings. The molecule has 0 aromatic carbocycles. The SMILES string of the molecule is CCCN(CC(N)=S)C(=O)C(C)CC. The molecule has 4 heteroatoms. The van der Waals surface area contributed by atoms with Gasteiger partial charge >= 0.3 is 0 Å². The number of carbonyl (C=O) groups is 1. The summed E-state index contributed by atoms with van der Waals surface area (Å²) in [6.07, 6.45) is 1.79. The van der Waals surface area contributed by atoms with E-state index in [1.807, 2.05) is 20.8 Å². The number of nitrogens with zero attached hydrogens (tertiary/aromatic N) is 1. The second kappa shape index (κ2) is 6.76. The van der Waals surface area contributed by atoms with Gasteiger partial charge in [0.2, 0.25) is 5.91 Å². The van der Waals surface area contributed by atoms with Gasteiger partial charge in [-0.15, -0.1) is 0 Å². The van der Waals surface area contributed by atoms with Crippen molar-refractivity contribution in [1.29, 1.82) is 0 Å². The van der Waals surface area contributed by atoms with Crippen molar-refractivity contribution in [3.05, 3.63) is 0 Å². The van der Waals surface area contributed by atoms with E-state index in [-0.39, 0.29) is 11.8 Å². The summed E-state index contributed by atoms with van der Waals surface area (Å²) in [6, 6.07) is 0. The molecule has 0 aliphatic carbocycles. The number of hydrogen-bond acceptors (Lipinski definition) is 2. The van der Waals surface area contributed by atoms with Gasteiger partial charge in [-0.05, 0) is 12.8 Å². The van der Waals surface area contributed by atoms with E-state index < -0.39 is 0 Å². The van der Waals surface area contributed by atoms with Gasteiger partial charge in [-0.1, -0.05) is 33.0 Å². The van der Waals surface area contributed by atoms with Crippen molar-refractivity contribution in [2.24, 2.45) is 11.7 Å². The summed E-state index contributed by atoms with van der Waals surface area (Å²) < 4.78 is 0. The number of carbonyl (C=O) groups excluding carboxylic acids is 1. The molecule has 0 aliphatic heterocycles. The number of hydrogen-bond donors (Lipinski definition) is 1. The molecule has 1 atom stereocenters. The van der Waals surface area contributed by atoms with Crippen LogP contribution in [0.25, 0.3) is 0 Å². The van der Waals surface area contributed by atoms with Crippen LogP contribution in [0.1, 0.15) is 33.6 Å². The van der Waals surface area contributed by atoms with Crippen molar-refractivity contribution < 1.29 is 4.79 Å². The highest BCUT2D eigenvalue weighted by Gasteiger charge is 2.18. The Kier molecular flexibility index (Phi) is 6.45. The van der Waals surface area contributed by atoms with Gasteiger partial charge in [-0.25, -0.2) is 0 Å². The average molecular weight is 216 g/mol. The standard InChI is InChI=1S/C10H20N2OS/c1-4-6-12(7-9(11)14)10(13)8(3)5-2/h8H,4-7H2,1-3H3,(H2,11,14). The third-order valence-electron chi connectivity index (χ3n) is 2.19. The van der Waals surface area contributed by atoms with Crippen molar-refractivity contribution in [3.8, 4) is 0 Å². The van der Waals surface area contributed by atoms with E-state index >= 15 is 0 Å². The van der Waals surface area contributed by atoms with E-state index in [0.29, 0.717) is 11.5 Å². The molecule has 0 fully saturated rings. The van der Waals surface area contributed by atoms with Gasteiger partial charge in [-0.2, -0.15) is 0 Å². The molecule has 0 radical (unpaired) electrons. The van der Waals surface area contributed by atoms with Crippen molar-refractivity contribution in [3.63, 3.8) is 0 Å². The predicted octanol–water partition coefficient (Wildman–Crippen LogP) is 1.56. The molecule has 0 heterocycles. The van der Waals surface area contributed by atoms with Gasteiger partial charge in [0.25, 0.3) is 0 Å². The first kappa shape index (κ1) is 13.4. The van der Waals surface area contributed by atoms with Gasteiger partial charge < -0.3 is 10.6 Å². The van der Waals surface area contributed by atoms with Crippen molar-refractivity contribution >= 4 is 23.1 Å². The summed E-state index contributed by atoms with van der Waals surface area (Å²) in [7, 11) is 0. The molecule has 82 valence electrons. The topological polar surface area (TPSA) is 46.3 Å². The van der Waals surface area contributed by atoms with Crippen molar-refractivity contribution in [2.75, 3.05) is 13.1 Å². The fraction of sp³-hybridized carbons (Fsp3) is 0.800. The molecule has 0 bridgehead atoms. The first-order valence-corrected chi connectivity index (χ1v) is 5.50. The van der Waals surface area contributed by atoms with Gasteiger partial charge in [0.15, 0.2) is 0 Å². The van der Waals surface area contributed by atoms with Crippen LogP contribution >= 0.6 is 12.2 Å². The van der Waals surface area contributed by atoms with Crippen LogP contribution < -0.4 is 5.73 Å². The van der Waals surface area contributed by atoms with E-state index in [1.165, 1.54) is 0 Å². The molecule has 14 heavy (non-hydrogen) atoms. The fourth-order valence-electron chi connectivity index (χ4n) is 1.21. The predicted molar refractivity (Wildman–Crippen MR) is 63.1 cm³/mol. The summed E-state index contributed by atoms with van der Waals surface area (Å²) in [6.45, 7) is 7.13. The Labute approximate surface area is 91.6 Å².